The van der Waals surface area contributed by atoms with E-state index in [0.717, 1.165) is 11.8 Å². The number of nitrogens with one attached hydrogen (secondary N) is 7. The second kappa shape index (κ2) is 31.7. The zero-order valence-electron chi connectivity index (χ0n) is 35.4. The molecule has 0 saturated carbocycles. The molecule has 10 amide bonds. The molecule has 21 nitrogen and oxygen atoms in total. The minimum atomic E-state index is -1.07. The van der Waals surface area contributed by atoms with Crippen molar-refractivity contribution in [2.24, 2.45) is 11.6 Å². The van der Waals surface area contributed by atoms with Crippen molar-refractivity contribution in [2.75, 3.05) is 62.6 Å². The number of unbranched alkanes of at least 4 members (excludes halogenated alkanes) is 4. The van der Waals surface area contributed by atoms with E-state index < -0.39 is 59.7 Å². The van der Waals surface area contributed by atoms with Crippen molar-refractivity contribution in [2.45, 2.75) is 107 Å². The molecular weight excluding hydrogens is 857 g/mol. The first-order chi connectivity index (χ1) is 29.0. The standard InChI is InChI=1S/C37H64N10O11S3/c1-23(48)43-27(20-59-3)35(55)42-15-8-7-12-25(46-36(56)28(21-60-4)44-24(2)49)34(54)41-16-10-9-14-40-30(50)13-6-5-11-17-47-32(52)18-29(37(47)57)61-22-26(33(38)53)45-31(51)19-58-39/h25-29H,5-22,39H2,1-4H3,(H2,38,53)(H,40,50)(H,41,54)(H,42,55)(H,43,48)(H,44,49)(H,45,51)(H,46,56). The third-order valence-electron chi connectivity index (χ3n) is 8.98. The van der Waals surface area contributed by atoms with Crippen molar-refractivity contribution >= 4 is 94.4 Å². The van der Waals surface area contributed by atoms with Gasteiger partial charge in [0, 0.05) is 70.1 Å². The highest BCUT2D eigenvalue weighted by Gasteiger charge is 2.39. The van der Waals surface area contributed by atoms with Gasteiger partial charge in [-0.15, -0.1) is 11.8 Å². The highest BCUT2D eigenvalue weighted by molar-refractivity contribution is 8.00. The Labute approximate surface area is 369 Å². The molecule has 24 heteroatoms. The first-order valence-electron chi connectivity index (χ1n) is 20.0. The van der Waals surface area contributed by atoms with Crippen LogP contribution in [0.4, 0.5) is 0 Å². The molecule has 1 aliphatic heterocycles. The monoisotopic (exact) mass is 920 g/mol. The van der Waals surface area contributed by atoms with Gasteiger partial charge >= 0.3 is 0 Å². The van der Waals surface area contributed by atoms with Gasteiger partial charge < -0.3 is 43.0 Å². The summed E-state index contributed by atoms with van der Waals surface area (Å²) in [6.45, 7) is 3.34. The normalized spacial score (nSPS) is 15.5. The molecule has 0 radical (unpaired) electrons. The number of hydrogen-bond donors (Lipinski definition) is 9. The van der Waals surface area contributed by atoms with E-state index in [1.807, 2.05) is 6.26 Å². The summed E-state index contributed by atoms with van der Waals surface area (Å²) < 4.78 is 0. The molecule has 11 N–H and O–H groups in total. The topological polar surface area (TPSA) is 319 Å². The number of likely N-dealkylation sites (tertiary alicyclic amines) is 1. The largest absolute Gasteiger partial charge is 0.368 e. The number of nitrogens with zero attached hydrogens (tertiary/aromatic N) is 1. The quantitative estimate of drug-likeness (QED) is 0.0192. The van der Waals surface area contributed by atoms with E-state index in [4.69, 9.17) is 11.6 Å². The van der Waals surface area contributed by atoms with E-state index in [1.54, 1.807) is 6.26 Å². The van der Waals surface area contributed by atoms with Gasteiger partial charge in [-0.25, -0.2) is 5.90 Å². The van der Waals surface area contributed by atoms with Crippen LogP contribution in [0, 0.1) is 0 Å². The molecular formula is C37H64N10O11S3. The number of primary amides is 1. The smallest absolute Gasteiger partial charge is 0.248 e. The molecule has 61 heavy (non-hydrogen) atoms. The fourth-order valence-electron chi connectivity index (χ4n) is 5.91. The molecule has 0 aromatic carbocycles. The maximum atomic E-state index is 13.2. The molecule has 5 unspecified atom stereocenters. The first kappa shape index (κ1) is 54.9. The van der Waals surface area contributed by atoms with Crippen LogP contribution in [0.5, 0.6) is 0 Å². The van der Waals surface area contributed by atoms with Crippen molar-refractivity contribution in [3.05, 3.63) is 0 Å². The number of rotatable bonds is 33. The summed E-state index contributed by atoms with van der Waals surface area (Å²) in [4.78, 5) is 128. The molecule has 5 atom stereocenters. The Kier molecular flexibility index (Phi) is 28.5. The average molecular weight is 921 g/mol. The van der Waals surface area contributed by atoms with Crippen LogP contribution in [0.2, 0.25) is 0 Å². The fraction of sp³-hybridized carbons (Fsp3) is 0.730. The lowest BCUT2D eigenvalue weighted by Gasteiger charge is -2.23. The lowest BCUT2D eigenvalue weighted by Crippen LogP contribution is -2.54. The molecule has 1 heterocycles. The summed E-state index contributed by atoms with van der Waals surface area (Å²) in [5.41, 5.74) is 5.34. The van der Waals surface area contributed by atoms with E-state index >= 15 is 0 Å². The molecule has 1 rings (SSSR count). The third kappa shape index (κ3) is 23.6. The Morgan fingerprint density at radius 3 is 1.79 bits per heavy atom. The van der Waals surface area contributed by atoms with Crippen molar-refractivity contribution in [1.82, 2.24) is 42.1 Å². The van der Waals surface area contributed by atoms with Crippen LogP contribution in [0.1, 0.15) is 78.1 Å². The fourth-order valence-corrected chi connectivity index (χ4v) is 8.25. The third-order valence-corrected chi connectivity index (χ3v) is 11.6. The van der Waals surface area contributed by atoms with Crippen molar-refractivity contribution in [1.29, 1.82) is 0 Å². The maximum Gasteiger partial charge on any atom is 0.248 e. The predicted octanol–water partition coefficient (Wildman–Crippen LogP) is -2.21. The van der Waals surface area contributed by atoms with Gasteiger partial charge in [-0.3, -0.25) is 57.7 Å². The van der Waals surface area contributed by atoms with Gasteiger partial charge in [0.15, 0.2) is 0 Å². The van der Waals surface area contributed by atoms with Crippen molar-refractivity contribution in [3.63, 3.8) is 0 Å². The lowest BCUT2D eigenvalue weighted by molar-refractivity contribution is -0.138. The van der Waals surface area contributed by atoms with E-state index in [-0.39, 0.29) is 73.5 Å². The molecule has 0 bridgehead atoms. The summed E-state index contributed by atoms with van der Waals surface area (Å²) in [7, 11) is 0. The van der Waals surface area contributed by atoms with Crippen LogP contribution in [-0.2, 0) is 52.8 Å². The van der Waals surface area contributed by atoms with Gasteiger partial charge in [-0.1, -0.05) is 6.42 Å². The van der Waals surface area contributed by atoms with E-state index in [9.17, 15) is 47.9 Å². The number of carbonyl (C=O) groups excluding carboxylic acids is 10. The summed E-state index contributed by atoms with van der Waals surface area (Å²) in [5.74, 6) is 1.35. The first-order valence-corrected chi connectivity index (χ1v) is 23.9. The van der Waals surface area contributed by atoms with Crippen LogP contribution in [0.25, 0.3) is 0 Å². The van der Waals surface area contributed by atoms with Gasteiger partial charge in [0.2, 0.25) is 59.1 Å². The number of hydrogen-bond acceptors (Lipinski definition) is 15. The van der Waals surface area contributed by atoms with Crippen LogP contribution >= 0.6 is 35.3 Å². The Hall–Kier alpha value is -4.13. The summed E-state index contributed by atoms with van der Waals surface area (Å²) in [6, 6.07) is -3.47. The lowest BCUT2D eigenvalue weighted by atomic mass is 10.1. The van der Waals surface area contributed by atoms with E-state index in [1.165, 1.54) is 42.3 Å². The van der Waals surface area contributed by atoms with E-state index in [2.05, 4.69) is 42.1 Å². The molecule has 0 aromatic rings. The Bertz CT molecular complexity index is 1500. The minimum absolute atomic E-state index is 0.0116. The number of thioether (sulfide) groups is 3. The summed E-state index contributed by atoms with van der Waals surface area (Å²) in [5, 5.41) is 18.1. The van der Waals surface area contributed by atoms with Crippen molar-refractivity contribution < 1.29 is 52.8 Å². The number of amides is 10. The van der Waals surface area contributed by atoms with Gasteiger partial charge in [-0.05, 0) is 57.5 Å². The Balaban J connectivity index is 2.47. The predicted molar refractivity (Wildman–Crippen MR) is 233 cm³/mol. The number of nitrogens with two attached hydrogens (primary N) is 2. The molecule has 346 valence electrons. The zero-order valence-corrected chi connectivity index (χ0v) is 37.9. The Morgan fingerprint density at radius 1 is 0.672 bits per heavy atom. The van der Waals surface area contributed by atoms with Gasteiger partial charge in [0.05, 0.1) is 5.25 Å². The highest BCUT2D eigenvalue weighted by Crippen LogP contribution is 2.26. The minimum Gasteiger partial charge on any atom is -0.368 e. The summed E-state index contributed by atoms with van der Waals surface area (Å²) in [6.07, 6.45) is 7.85. The Morgan fingerprint density at radius 2 is 1.23 bits per heavy atom. The molecule has 0 aromatic heterocycles. The average Bonchev–Trinajstić information content (AvgIpc) is 3.46. The van der Waals surface area contributed by atoms with Crippen molar-refractivity contribution in [3.8, 4) is 0 Å². The SMILES string of the molecule is CSCC(NC(C)=O)C(=O)NCCCCC(NC(=O)C(CSC)NC(C)=O)C(=O)NCCCCNC(=O)CCCCCN1C(=O)CC(SCC(NC(=O)CON)C(N)=O)C1=O. The molecule has 0 aliphatic carbocycles. The van der Waals surface area contributed by atoms with E-state index in [0.29, 0.717) is 69.5 Å². The van der Waals surface area contributed by atoms with Crippen LogP contribution in [-0.4, -0.2) is 156 Å². The van der Waals surface area contributed by atoms with Crippen LogP contribution in [0.15, 0.2) is 0 Å². The number of carbonyl (C=O) groups is 10. The second-order valence-electron chi connectivity index (χ2n) is 14.2. The van der Waals surface area contributed by atoms with Gasteiger partial charge in [0.1, 0.15) is 30.8 Å². The van der Waals surface area contributed by atoms with Crippen LogP contribution in [0.3, 0.4) is 0 Å². The van der Waals surface area contributed by atoms with Crippen LogP contribution < -0.4 is 48.8 Å². The summed E-state index contributed by atoms with van der Waals surface area (Å²) >= 11 is 3.85. The van der Waals surface area contributed by atoms with Gasteiger partial charge in [-0.2, -0.15) is 23.5 Å². The van der Waals surface area contributed by atoms with Gasteiger partial charge in [0.25, 0.3) is 0 Å². The second-order valence-corrected chi connectivity index (χ2v) is 17.2. The molecule has 1 aliphatic rings. The highest BCUT2D eigenvalue weighted by atomic mass is 32.2. The molecule has 1 saturated heterocycles. The maximum absolute atomic E-state index is 13.2. The molecule has 1 fully saturated rings. The molecule has 0 spiro atoms. The number of imide groups is 1. The zero-order chi connectivity index (χ0) is 45.7.